The third-order valence-corrected chi connectivity index (χ3v) is 4.03. The lowest BCUT2D eigenvalue weighted by Gasteiger charge is -2.25. The van der Waals surface area contributed by atoms with Crippen LogP contribution in [0.5, 0.6) is 5.75 Å². The fourth-order valence-electron chi connectivity index (χ4n) is 2.84. The normalized spacial score (nSPS) is 15.8. The largest absolute Gasteiger partial charge is 0.495 e. The van der Waals surface area contributed by atoms with E-state index in [0.29, 0.717) is 0 Å². The average Bonchev–Trinajstić information content (AvgIpc) is 2.80. The van der Waals surface area contributed by atoms with Gasteiger partial charge in [0.25, 0.3) is 0 Å². The highest BCUT2D eigenvalue weighted by molar-refractivity contribution is 5.60. The summed E-state index contributed by atoms with van der Waals surface area (Å²) in [5.41, 5.74) is 2.45. The van der Waals surface area contributed by atoms with Crippen molar-refractivity contribution < 1.29 is 9.84 Å². The molecular formula is C17H28N2O2. The van der Waals surface area contributed by atoms with Gasteiger partial charge in [-0.05, 0) is 43.5 Å². The molecule has 0 unspecified atom stereocenters. The highest BCUT2D eigenvalue weighted by atomic mass is 16.5. The number of nitrogens with one attached hydrogen (secondary N) is 1. The number of hydrogen-bond donors (Lipinski definition) is 2. The molecule has 0 amide bonds. The van der Waals surface area contributed by atoms with Crippen LogP contribution in [0.3, 0.4) is 0 Å². The predicted molar refractivity (Wildman–Crippen MR) is 87.1 cm³/mol. The lowest BCUT2D eigenvalue weighted by molar-refractivity contribution is 0.286. The van der Waals surface area contributed by atoms with Crippen molar-refractivity contribution in [1.29, 1.82) is 0 Å². The molecule has 0 aromatic heterocycles. The van der Waals surface area contributed by atoms with Crippen molar-refractivity contribution in [3.05, 3.63) is 23.8 Å². The van der Waals surface area contributed by atoms with Crippen LogP contribution >= 0.6 is 0 Å². The Kier molecular flexibility index (Phi) is 6.83. The maximum Gasteiger partial charge on any atom is 0.142 e. The van der Waals surface area contributed by atoms with Crippen LogP contribution in [-0.2, 0) is 6.54 Å². The number of anilines is 1. The van der Waals surface area contributed by atoms with Crippen molar-refractivity contribution in [2.75, 3.05) is 38.3 Å². The summed E-state index contributed by atoms with van der Waals surface area (Å²) in [6.07, 6.45) is 6.02. The zero-order chi connectivity index (χ0) is 14.9. The third-order valence-electron chi connectivity index (χ3n) is 4.03. The summed E-state index contributed by atoms with van der Waals surface area (Å²) in [6.45, 7) is 4.16. The molecule has 1 aromatic rings. The number of hydrogen-bond acceptors (Lipinski definition) is 4. The van der Waals surface area contributed by atoms with E-state index in [-0.39, 0.29) is 6.61 Å². The highest BCUT2D eigenvalue weighted by Gasteiger charge is 2.14. The summed E-state index contributed by atoms with van der Waals surface area (Å²) in [4.78, 5) is 2.45. The fraction of sp³-hybridized carbons (Fsp3) is 0.647. The molecule has 1 aromatic carbocycles. The number of methoxy groups -OCH3 is 1. The van der Waals surface area contributed by atoms with Crippen LogP contribution in [0, 0.1) is 0 Å². The summed E-state index contributed by atoms with van der Waals surface area (Å²) >= 11 is 0. The molecule has 4 heteroatoms. The third kappa shape index (κ3) is 4.90. The maximum absolute atomic E-state index is 8.78. The molecule has 0 spiro atoms. The zero-order valence-electron chi connectivity index (χ0n) is 13.1. The van der Waals surface area contributed by atoms with E-state index in [1.807, 2.05) is 0 Å². The minimum absolute atomic E-state index is 0.240. The number of nitrogens with zero attached hydrogens (tertiary/aromatic N) is 1. The highest BCUT2D eigenvalue weighted by Crippen LogP contribution is 2.31. The predicted octanol–water partition coefficient (Wildman–Crippen LogP) is 2.55. The molecule has 2 N–H and O–H groups in total. The zero-order valence-corrected chi connectivity index (χ0v) is 13.1. The van der Waals surface area contributed by atoms with E-state index < -0.39 is 0 Å². The van der Waals surface area contributed by atoms with Gasteiger partial charge in [0, 0.05) is 26.2 Å². The van der Waals surface area contributed by atoms with Crippen LogP contribution in [0.1, 0.15) is 37.7 Å². The van der Waals surface area contributed by atoms with E-state index in [9.17, 15) is 0 Å². The van der Waals surface area contributed by atoms with Gasteiger partial charge in [0.05, 0.1) is 12.8 Å². The van der Waals surface area contributed by atoms with Crippen molar-refractivity contribution in [3.8, 4) is 5.75 Å². The molecule has 1 fully saturated rings. The first-order valence-electron chi connectivity index (χ1n) is 8.08. The Labute approximate surface area is 128 Å². The lowest BCUT2D eigenvalue weighted by Crippen LogP contribution is -2.24. The standard InChI is InChI=1S/C17H28N2O2/c1-21-17-13-15(14-18-9-6-12-20)7-8-16(17)19-10-4-2-3-5-11-19/h7-8,13,18,20H,2-6,9-12,14H2,1H3. The van der Waals surface area contributed by atoms with Crippen molar-refractivity contribution in [2.45, 2.75) is 38.6 Å². The summed E-state index contributed by atoms with van der Waals surface area (Å²) in [5, 5.41) is 12.1. The molecule has 0 radical (unpaired) electrons. The van der Waals surface area contributed by atoms with E-state index in [1.54, 1.807) is 7.11 Å². The number of benzene rings is 1. The molecule has 4 nitrogen and oxygen atoms in total. The van der Waals surface area contributed by atoms with Crippen LogP contribution < -0.4 is 15.0 Å². The van der Waals surface area contributed by atoms with E-state index in [0.717, 1.165) is 38.3 Å². The molecule has 0 bridgehead atoms. The molecule has 21 heavy (non-hydrogen) atoms. The van der Waals surface area contributed by atoms with Gasteiger partial charge in [-0.2, -0.15) is 0 Å². The Morgan fingerprint density at radius 1 is 1.19 bits per heavy atom. The maximum atomic E-state index is 8.78. The molecule has 1 heterocycles. The molecule has 118 valence electrons. The van der Waals surface area contributed by atoms with Crippen molar-refractivity contribution in [1.82, 2.24) is 5.32 Å². The Bertz CT molecular complexity index is 415. The number of aliphatic hydroxyl groups excluding tert-OH is 1. The Hall–Kier alpha value is -1.26. The Morgan fingerprint density at radius 3 is 2.62 bits per heavy atom. The minimum atomic E-state index is 0.240. The lowest BCUT2D eigenvalue weighted by atomic mass is 10.1. The number of aliphatic hydroxyl groups is 1. The van der Waals surface area contributed by atoms with Crippen LogP contribution in [-0.4, -0.2) is 38.5 Å². The van der Waals surface area contributed by atoms with Gasteiger partial charge >= 0.3 is 0 Å². The van der Waals surface area contributed by atoms with Gasteiger partial charge < -0.3 is 20.1 Å². The number of rotatable bonds is 7. The van der Waals surface area contributed by atoms with E-state index in [2.05, 4.69) is 28.4 Å². The van der Waals surface area contributed by atoms with Crippen molar-refractivity contribution in [2.24, 2.45) is 0 Å². The topological polar surface area (TPSA) is 44.7 Å². The second kappa shape index (κ2) is 8.90. The first-order chi connectivity index (χ1) is 10.3. The van der Waals surface area contributed by atoms with Gasteiger partial charge in [0.2, 0.25) is 0 Å². The molecule has 0 saturated carbocycles. The molecule has 1 aliphatic rings. The molecule has 1 saturated heterocycles. The molecular weight excluding hydrogens is 264 g/mol. The van der Waals surface area contributed by atoms with Crippen LogP contribution in [0.25, 0.3) is 0 Å². The Morgan fingerprint density at radius 2 is 1.95 bits per heavy atom. The van der Waals surface area contributed by atoms with Gasteiger partial charge in [-0.15, -0.1) is 0 Å². The fourth-order valence-corrected chi connectivity index (χ4v) is 2.84. The first kappa shape index (κ1) is 16.1. The van der Waals surface area contributed by atoms with Crippen LogP contribution in [0.4, 0.5) is 5.69 Å². The van der Waals surface area contributed by atoms with Gasteiger partial charge in [-0.25, -0.2) is 0 Å². The van der Waals surface area contributed by atoms with Crippen molar-refractivity contribution >= 4 is 5.69 Å². The quantitative estimate of drug-likeness (QED) is 0.758. The SMILES string of the molecule is COc1cc(CNCCCO)ccc1N1CCCCCC1. The van der Waals surface area contributed by atoms with Crippen LogP contribution in [0.15, 0.2) is 18.2 Å². The monoisotopic (exact) mass is 292 g/mol. The first-order valence-corrected chi connectivity index (χ1v) is 8.08. The van der Waals surface area contributed by atoms with E-state index >= 15 is 0 Å². The minimum Gasteiger partial charge on any atom is -0.495 e. The second-order valence-electron chi connectivity index (χ2n) is 5.66. The summed E-state index contributed by atoms with van der Waals surface area (Å²) in [7, 11) is 1.75. The molecule has 0 atom stereocenters. The van der Waals surface area contributed by atoms with Crippen LogP contribution in [0.2, 0.25) is 0 Å². The number of ether oxygens (including phenoxy) is 1. The Balaban J connectivity index is 2.01. The smallest absolute Gasteiger partial charge is 0.142 e. The van der Waals surface area contributed by atoms with E-state index in [1.165, 1.54) is 36.9 Å². The van der Waals surface area contributed by atoms with Gasteiger partial charge in [-0.3, -0.25) is 0 Å². The molecule has 1 aliphatic heterocycles. The molecule has 0 aliphatic carbocycles. The average molecular weight is 292 g/mol. The van der Waals surface area contributed by atoms with Gasteiger partial charge in [-0.1, -0.05) is 18.9 Å². The molecule has 2 rings (SSSR count). The van der Waals surface area contributed by atoms with E-state index in [4.69, 9.17) is 9.84 Å². The van der Waals surface area contributed by atoms with Gasteiger partial charge in [0.15, 0.2) is 0 Å². The van der Waals surface area contributed by atoms with Gasteiger partial charge in [0.1, 0.15) is 5.75 Å². The summed E-state index contributed by atoms with van der Waals surface area (Å²) in [5.74, 6) is 0.971. The van der Waals surface area contributed by atoms with Crippen molar-refractivity contribution in [3.63, 3.8) is 0 Å². The second-order valence-corrected chi connectivity index (χ2v) is 5.66. The summed E-state index contributed by atoms with van der Waals surface area (Å²) in [6, 6.07) is 6.49. The summed E-state index contributed by atoms with van der Waals surface area (Å²) < 4.78 is 5.60.